The summed E-state index contributed by atoms with van der Waals surface area (Å²) in [4.78, 5) is 12.5. The first kappa shape index (κ1) is 15.0. The molecule has 2 unspecified atom stereocenters. The monoisotopic (exact) mass is 378 g/mol. The van der Waals surface area contributed by atoms with Crippen LogP contribution >= 0.6 is 22.6 Å². The number of ketones is 1. The Morgan fingerprint density at radius 2 is 1.90 bits per heavy atom. The lowest BCUT2D eigenvalue weighted by Crippen LogP contribution is -2.24. The van der Waals surface area contributed by atoms with Crippen molar-refractivity contribution < 1.29 is 4.79 Å². The van der Waals surface area contributed by atoms with E-state index in [2.05, 4.69) is 34.7 Å². The molecule has 102 valence electrons. The van der Waals surface area contributed by atoms with Gasteiger partial charge in [0.25, 0.3) is 0 Å². The number of nitrogens with zero attached hydrogens (tertiary/aromatic N) is 2. The zero-order valence-electron chi connectivity index (χ0n) is 11.6. The minimum absolute atomic E-state index is 0.00976. The minimum Gasteiger partial charge on any atom is -0.299 e. The molecule has 0 radical (unpaired) electrons. The Morgan fingerprint density at radius 1 is 1.30 bits per heavy atom. The highest BCUT2D eigenvalue weighted by Crippen LogP contribution is 2.66. The van der Waals surface area contributed by atoms with Gasteiger partial charge in [-0.2, -0.15) is 10.5 Å². The molecule has 0 aliphatic heterocycles. The van der Waals surface area contributed by atoms with Crippen LogP contribution in [-0.4, -0.2) is 5.78 Å². The Morgan fingerprint density at radius 3 is 2.35 bits per heavy atom. The fraction of sp³-hybridized carbons (Fsp3) is 0.438. The minimum atomic E-state index is -1.20. The van der Waals surface area contributed by atoms with Crippen LogP contribution in [0, 0.1) is 43.0 Å². The van der Waals surface area contributed by atoms with Gasteiger partial charge in [0.15, 0.2) is 5.41 Å². The summed E-state index contributed by atoms with van der Waals surface area (Å²) < 4.78 is 1.04. The van der Waals surface area contributed by atoms with E-state index >= 15 is 0 Å². The number of Topliss-reactive ketones (excluding diaryl/α,β-unsaturated/α-hetero) is 1. The van der Waals surface area contributed by atoms with E-state index in [1.54, 1.807) is 0 Å². The van der Waals surface area contributed by atoms with Gasteiger partial charge in [0.2, 0.25) is 0 Å². The molecule has 4 heteroatoms. The van der Waals surface area contributed by atoms with Gasteiger partial charge in [0, 0.05) is 14.9 Å². The van der Waals surface area contributed by atoms with Gasteiger partial charge in [0.1, 0.15) is 5.78 Å². The lowest BCUT2D eigenvalue weighted by atomic mass is 9.85. The molecule has 0 saturated heterocycles. The third kappa shape index (κ3) is 2.23. The zero-order chi connectivity index (χ0) is 15.1. The highest BCUT2D eigenvalue weighted by Gasteiger charge is 2.71. The van der Waals surface area contributed by atoms with E-state index in [1.165, 1.54) is 0 Å². The molecule has 1 saturated carbocycles. The summed E-state index contributed by atoms with van der Waals surface area (Å²) in [7, 11) is 0. The average Bonchev–Trinajstić information content (AvgIpc) is 3.06. The zero-order valence-corrected chi connectivity index (χ0v) is 13.8. The second kappa shape index (κ2) is 4.86. The van der Waals surface area contributed by atoms with Crippen molar-refractivity contribution in [2.75, 3.05) is 0 Å². The van der Waals surface area contributed by atoms with Gasteiger partial charge in [-0.1, -0.05) is 32.9 Å². The quantitative estimate of drug-likeness (QED) is 0.738. The third-order valence-corrected chi connectivity index (χ3v) is 4.48. The summed E-state index contributed by atoms with van der Waals surface area (Å²) in [5.41, 5.74) is -0.836. The molecule has 20 heavy (non-hydrogen) atoms. The van der Waals surface area contributed by atoms with Crippen molar-refractivity contribution in [3.8, 4) is 12.1 Å². The van der Waals surface area contributed by atoms with Crippen molar-refractivity contribution in [1.29, 1.82) is 10.5 Å². The Bertz CT molecular complexity index is 632. The van der Waals surface area contributed by atoms with E-state index in [-0.39, 0.29) is 11.7 Å². The molecule has 3 nitrogen and oxygen atoms in total. The Labute approximate surface area is 132 Å². The van der Waals surface area contributed by atoms with Crippen molar-refractivity contribution in [3.05, 3.63) is 33.4 Å². The van der Waals surface area contributed by atoms with E-state index in [4.69, 9.17) is 0 Å². The van der Waals surface area contributed by atoms with Crippen LogP contribution in [0.15, 0.2) is 24.3 Å². The molecule has 1 fully saturated rings. The van der Waals surface area contributed by atoms with Crippen LogP contribution < -0.4 is 0 Å². The summed E-state index contributed by atoms with van der Waals surface area (Å²) in [6.45, 7) is 5.50. The first-order valence-corrected chi connectivity index (χ1v) is 7.48. The molecule has 2 rings (SSSR count). The van der Waals surface area contributed by atoms with Gasteiger partial charge in [-0.15, -0.1) is 0 Å². The smallest absolute Gasteiger partial charge is 0.161 e. The standard InChI is InChI=1S/C16H15IN2O/c1-15(2,3)14(20)13-12(16(13,8-18)9-19)10-5-4-6-11(17)7-10/h4-7,12-13H,1-3H3. The molecular weight excluding hydrogens is 363 g/mol. The number of carbonyl (C=O) groups excluding carboxylic acids is 1. The van der Waals surface area contributed by atoms with Crippen LogP contribution in [0.3, 0.4) is 0 Å². The van der Waals surface area contributed by atoms with Crippen molar-refractivity contribution >= 4 is 28.4 Å². The van der Waals surface area contributed by atoms with Crippen LogP contribution in [-0.2, 0) is 4.79 Å². The van der Waals surface area contributed by atoms with Crippen LogP contribution in [0.2, 0.25) is 0 Å². The third-order valence-electron chi connectivity index (χ3n) is 3.80. The molecule has 0 amide bonds. The molecule has 0 aromatic heterocycles. The summed E-state index contributed by atoms with van der Waals surface area (Å²) in [5.74, 6) is -0.834. The maximum absolute atomic E-state index is 12.5. The molecule has 1 aromatic carbocycles. The Kier molecular flexibility index (Phi) is 3.64. The summed E-state index contributed by atoms with van der Waals surface area (Å²) in [5, 5.41) is 18.8. The van der Waals surface area contributed by atoms with Gasteiger partial charge in [0.05, 0.1) is 18.1 Å². The van der Waals surface area contributed by atoms with Gasteiger partial charge in [-0.25, -0.2) is 0 Å². The lowest BCUT2D eigenvalue weighted by Gasteiger charge is -2.16. The molecule has 0 bridgehead atoms. The number of nitriles is 2. The second-order valence-corrected chi connectivity index (χ2v) is 7.46. The van der Waals surface area contributed by atoms with Crippen LogP contribution in [0.4, 0.5) is 0 Å². The van der Waals surface area contributed by atoms with E-state index in [0.29, 0.717) is 0 Å². The van der Waals surface area contributed by atoms with Crippen LogP contribution in [0.5, 0.6) is 0 Å². The van der Waals surface area contributed by atoms with E-state index in [9.17, 15) is 15.3 Å². The Hall–Kier alpha value is -1.40. The normalized spacial score (nSPS) is 23.5. The molecule has 1 aliphatic rings. The lowest BCUT2D eigenvalue weighted by molar-refractivity contribution is -0.128. The van der Waals surface area contributed by atoms with E-state index in [0.717, 1.165) is 9.13 Å². The molecule has 0 spiro atoms. The van der Waals surface area contributed by atoms with E-state index < -0.39 is 16.7 Å². The fourth-order valence-corrected chi connectivity index (χ4v) is 3.24. The fourth-order valence-electron chi connectivity index (χ4n) is 2.67. The van der Waals surface area contributed by atoms with Crippen molar-refractivity contribution in [2.24, 2.45) is 16.7 Å². The number of halogens is 1. The largest absolute Gasteiger partial charge is 0.299 e. The molecular formula is C16H15IN2O. The molecule has 2 atom stereocenters. The average molecular weight is 378 g/mol. The summed E-state index contributed by atoms with van der Waals surface area (Å²) in [6, 6.07) is 11.9. The van der Waals surface area contributed by atoms with Gasteiger partial charge in [-0.3, -0.25) is 4.79 Å². The maximum Gasteiger partial charge on any atom is 0.161 e. The van der Waals surface area contributed by atoms with Crippen molar-refractivity contribution in [2.45, 2.75) is 26.7 Å². The predicted molar refractivity (Wildman–Crippen MR) is 83.5 cm³/mol. The number of rotatable bonds is 2. The van der Waals surface area contributed by atoms with Gasteiger partial charge >= 0.3 is 0 Å². The second-order valence-electron chi connectivity index (χ2n) is 6.22. The first-order valence-electron chi connectivity index (χ1n) is 6.40. The van der Waals surface area contributed by atoms with Gasteiger partial charge in [-0.05, 0) is 40.3 Å². The van der Waals surface area contributed by atoms with Gasteiger partial charge < -0.3 is 0 Å². The number of hydrogen-bond donors (Lipinski definition) is 0. The SMILES string of the molecule is CC(C)(C)C(=O)C1C(c2cccc(I)c2)C1(C#N)C#N. The molecule has 1 aromatic rings. The highest BCUT2D eigenvalue weighted by atomic mass is 127. The molecule has 1 aliphatic carbocycles. The predicted octanol–water partition coefficient (Wildman–Crippen LogP) is 3.65. The number of benzene rings is 1. The van der Waals surface area contributed by atoms with Crippen molar-refractivity contribution in [3.63, 3.8) is 0 Å². The molecule has 0 heterocycles. The van der Waals surface area contributed by atoms with Crippen LogP contribution in [0.25, 0.3) is 0 Å². The highest BCUT2D eigenvalue weighted by molar-refractivity contribution is 14.1. The first-order chi connectivity index (χ1) is 9.28. The van der Waals surface area contributed by atoms with Crippen molar-refractivity contribution in [1.82, 2.24) is 0 Å². The van der Waals surface area contributed by atoms with Crippen LogP contribution in [0.1, 0.15) is 32.3 Å². The topological polar surface area (TPSA) is 64.7 Å². The summed E-state index contributed by atoms with van der Waals surface area (Å²) in [6.07, 6.45) is 0. The van der Waals surface area contributed by atoms with E-state index in [1.807, 2.05) is 45.0 Å². The Balaban J connectivity index is 2.46. The maximum atomic E-state index is 12.5. The number of carbonyl (C=O) groups is 1. The molecule has 0 N–H and O–H groups in total. The number of hydrogen-bond acceptors (Lipinski definition) is 3. The summed E-state index contributed by atoms with van der Waals surface area (Å²) >= 11 is 2.19.